The molecule has 4 nitrogen and oxygen atoms in total. The number of hydrogen-bond acceptors (Lipinski definition) is 4. The molecule has 5 unspecified atom stereocenters. The third-order valence-corrected chi connectivity index (χ3v) is 4.53. The van der Waals surface area contributed by atoms with Crippen LogP contribution in [0.1, 0.15) is 33.6 Å². The van der Waals surface area contributed by atoms with E-state index in [-0.39, 0.29) is 23.1 Å². The van der Waals surface area contributed by atoms with Gasteiger partial charge in [-0.05, 0) is 45.4 Å². The molecule has 2 bridgehead atoms. The van der Waals surface area contributed by atoms with Crippen LogP contribution in [0.3, 0.4) is 0 Å². The fourth-order valence-corrected chi connectivity index (χ4v) is 3.95. The van der Waals surface area contributed by atoms with Gasteiger partial charge in [0.1, 0.15) is 5.60 Å². The van der Waals surface area contributed by atoms with E-state index < -0.39 is 23.4 Å². The van der Waals surface area contributed by atoms with E-state index in [1.54, 1.807) is 20.8 Å². The number of fused-ring (bicyclic) bond motifs is 2. The summed E-state index contributed by atoms with van der Waals surface area (Å²) in [6.07, 6.45) is 1.61. The summed E-state index contributed by atoms with van der Waals surface area (Å²) in [5, 5.41) is 9.44. The van der Waals surface area contributed by atoms with Crippen molar-refractivity contribution in [3.8, 4) is 0 Å². The predicted octanol–water partition coefficient (Wildman–Crippen LogP) is 1.98. The second kappa shape index (κ2) is 4.44. The van der Waals surface area contributed by atoms with Crippen LogP contribution in [0, 0.1) is 23.7 Å². The van der Waals surface area contributed by atoms with Crippen LogP contribution in [0.2, 0.25) is 0 Å². The van der Waals surface area contributed by atoms with Gasteiger partial charge in [0.2, 0.25) is 0 Å². The second-order valence-corrected chi connectivity index (χ2v) is 7.05. The summed E-state index contributed by atoms with van der Waals surface area (Å²) in [7, 11) is 0. The van der Waals surface area contributed by atoms with Crippen molar-refractivity contribution in [3.05, 3.63) is 0 Å². The average Bonchev–Trinajstić information content (AvgIpc) is 2.69. The zero-order chi connectivity index (χ0) is 13.7. The molecule has 0 aromatic carbocycles. The monoisotopic (exact) mass is 272 g/mol. The van der Waals surface area contributed by atoms with Crippen LogP contribution in [0.25, 0.3) is 0 Å². The number of hydrogen-bond donors (Lipinski definition) is 2. The number of carbonyl (C=O) groups excluding carboxylic acids is 1. The molecule has 0 heterocycles. The quantitative estimate of drug-likeness (QED) is 0.596. The molecule has 0 aliphatic heterocycles. The zero-order valence-corrected chi connectivity index (χ0v) is 11.8. The topological polar surface area (TPSA) is 63.6 Å². The molecule has 5 heteroatoms. The molecule has 0 aromatic heterocycles. The molecule has 2 fully saturated rings. The predicted molar refractivity (Wildman–Crippen MR) is 69.4 cm³/mol. The van der Waals surface area contributed by atoms with E-state index in [0.29, 0.717) is 0 Å². The Morgan fingerprint density at radius 3 is 2.33 bits per heavy atom. The Labute approximate surface area is 112 Å². The zero-order valence-electron chi connectivity index (χ0n) is 10.9. The number of carbonyl (C=O) groups is 2. The summed E-state index contributed by atoms with van der Waals surface area (Å²) in [6.45, 7) is 5.40. The van der Waals surface area contributed by atoms with Crippen molar-refractivity contribution in [2.75, 3.05) is 0 Å². The standard InChI is InChI=1S/C13H20O4S/c1-13(2,3)17-12(16)9-6-4-7(8(18)5-6)10(9)11(14)15/h6-10,18H,4-5H2,1-3H3,(H,14,15). The number of carboxylic acids is 1. The van der Waals surface area contributed by atoms with Crippen LogP contribution in [-0.4, -0.2) is 27.9 Å². The van der Waals surface area contributed by atoms with Crippen molar-refractivity contribution in [3.63, 3.8) is 0 Å². The number of thiol groups is 1. The van der Waals surface area contributed by atoms with Gasteiger partial charge in [0.25, 0.3) is 0 Å². The van der Waals surface area contributed by atoms with Crippen molar-refractivity contribution in [1.82, 2.24) is 0 Å². The maximum atomic E-state index is 12.2. The summed E-state index contributed by atoms with van der Waals surface area (Å²) >= 11 is 4.43. The van der Waals surface area contributed by atoms with E-state index in [1.807, 2.05) is 0 Å². The Hall–Kier alpha value is -0.710. The molecular formula is C13H20O4S. The highest BCUT2D eigenvalue weighted by Gasteiger charge is 2.58. The normalized spacial score (nSPS) is 38.8. The average molecular weight is 272 g/mol. The molecule has 5 atom stereocenters. The first kappa shape index (κ1) is 13.7. The molecule has 2 saturated carbocycles. The van der Waals surface area contributed by atoms with Crippen LogP contribution >= 0.6 is 12.6 Å². The van der Waals surface area contributed by atoms with Crippen LogP contribution in [0.15, 0.2) is 0 Å². The van der Waals surface area contributed by atoms with Gasteiger partial charge in [-0.2, -0.15) is 12.6 Å². The highest BCUT2D eigenvalue weighted by molar-refractivity contribution is 7.81. The Bertz CT molecular complexity index is 374. The second-order valence-electron chi connectivity index (χ2n) is 6.39. The first-order valence-electron chi connectivity index (χ1n) is 6.34. The third-order valence-electron chi connectivity index (χ3n) is 3.93. The van der Waals surface area contributed by atoms with Gasteiger partial charge in [-0.1, -0.05) is 0 Å². The lowest BCUT2D eigenvalue weighted by Gasteiger charge is -2.32. The van der Waals surface area contributed by atoms with Gasteiger partial charge in [-0.15, -0.1) is 0 Å². The van der Waals surface area contributed by atoms with Crippen molar-refractivity contribution in [1.29, 1.82) is 0 Å². The number of ether oxygens (including phenoxy) is 1. The Morgan fingerprint density at radius 2 is 1.83 bits per heavy atom. The Morgan fingerprint density at radius 1 is 1.22 bits per heavy atom. The van der Waals surface area contributed by atoms with E-state index in [9.17, 15) is 14.7 Å². The van der Waals surface area contributed by atoms with E-state index in [1.165, 1.54) is 0 Å². The molecule has 0 aromatic rings. The van der Waals surface area contributed by atoms with Gasteiger partial charge in [0.15, 0.2) is 0 Å². The third kappa shape index (κ3) is 2.37. The van der Waals surface area contributed by atoms with Gasteiger partial charge < -0.3 is 9.84 Å². The fraction of sp³-hybridized carbons (Fsp3) is 0.846. The van der Waals surface area contributed by atoms with Crippen molar-refractivity contribution >= 4 is 24.6 Å². The molecule has 2 aliphatic rings. The summed E-state index contributed by atoms with van der Waals surface area (Å²) in [6, 6.07) is 0. The summed E-state index contributed by atoms with van der Waals surface area (Å²) in [5.41, 5.74) is -0.567. The van der Waals surface area contributed by atoms with Crippen molar-refractivity contribution in [2.45, 2.75) is 44.5 Å². The molecule has 0 amide bonds. The number of rotatable bonds is 2. The van der Waals surface area contributed by atoms with Crippen molar-refractivity contribution in [2.24, 2.45) is 23.7 Å². The number of aliphatic carboxylic acids is 1. The van der Waals surface area contributed by atoms with Crippen LogP contribution < -0.4 is 0 Å². The lowest BCUT2D eigenvalue weighted by atomic mass is 9.79. The van der Waals surface area contributed by atoms with Gasteiger partial charge >= 0.3 is 11.9 Å². The molecular weight excluding hydrogens is 252 g/mol. The lowest BCUT2D eigenvalue weighted by Crippen LogP contribution is -2.41. The molecule has 1 N–H and O–H groups in total. The first-order chi connectivity index (χ1) is 8.20. The van der Waals surface area contributed by atoms with Crippen molar-refractivity contribution < 1.29 is 19.4 Å². The molecule has 0 spiro atoms. The molecule has 2 rings (SSSR count). The lowest BCUT2D eigenvalue weighted by molar-refractivity contribution is -0.168. The minimum atomic E-state index is -0.892. The van der Waals surface area contributed by atoms with Gasteiger partial charge in [-0.25, -0.2) is 0 Å². The first-order valence-corrected chi connectivity index (χ1v) is 6.86. The molecule has 18 heavy (non-hydrogen) atoms. The highest BCUT2D eigenvalue weighted by atomic mass is 32.1. The fourth-order valence-electron chi connectivity index (χ4n) is 3.37. The molecule has 0 saturated heterocycles. The van der Waals surface area contributed by atoms with E-state index in [4.69, 9.17) is 4.74 Å². The molecule has 0 radical (unpaired) electrons. The van der Waals surface area contributed by atoms with Crippen LogP contribution in [0.4, 0.5) is 0 Å². The maximum Gasteiger partial charge on any atom is 0.310 e. The summed E-state index contributed by atoms with van der Waals surface area (Å²) < 4.78 is 5.36. The van der Waals surface area contributed by atoms with E-state index >= 15 is 0 Å². The summed E-state index contributed by atoms with van der Waals surface area (Å²) in [4.78, 5) is 23.5. The summed E-state index contributed by atoms with van der Waals surface area (Å²) in [5.74, 6) is -2.24. The van der Waals surface area contributed by atoms with Crippen LogP contribution in [0.5, 0.6) is 0 Å². The smallest absolute Gasteiger partial charge is 0.310 e. The number of esters is 1. The van der Waals surface area contributed by atoms with E-state index in [0.717, 1.165) is 12.8 Å². The van der Waals surface area contributed by atoms with Gasteiger partial charge in [-0.3, -0.25) is 9.59 Å². The van der Waals surface area contributed by atoms with Crippen LogP contribution in [-0.2, 0) is 14.3 Å². The maximum absolute atomic E-state index is 12.2. The molecule has 2 aliphatic carbocycles. The minimum Gasteiger partial charge on any atom is -0.481 e. The van der Waals surface area contributed by atoms with E-state index in [2.05, 4.69) is 12.6 Å². The Kier molecular flexibility index (Phi) is 3.38. The van der Waals surface area contributed by atoms with Gasteiger partial charge in [0.05, 0.1) is 11.8 Å². The SMILES string of the molecule is CC(C)(C)OC(=O)C1C2CC(S)C(C2)C1C(=O)O. The number of carboxylic acid groups (broad SMARTS) is 1. The molecule has 102 valence electrons. The minimum absolute atomic E-state index is 0.00773. The largest absolute Gasteiger partial charge is 0.481 e. The van der Waals surface area contributed by atoms with Gasteiger partial charge in [0, 0.05) is 5.25 Å². The highest BCUT2D eigenvalue weighted by Crippen LogP contribution is 2.54. The Balaban J connectivity index is 2.17.